The minimum Gasteiger partial charge on any atom is -0.313 e. The number of nitrogens with zero attached hydrogens (tertiary/aromatic N) is 1. The third kappa shape index (κ3) is 3.67. The van der Waals surface area contributed by atoms with Crippen LogP contribution >= 0.6 is 0 Å². The Kier molecular flexibility index (Phi) is 4.91. The molecular formula is C16H20N2. The Bertz CT molecular complexity index is 439. The van der Waals surface area contributed by atoms with Crippen molar-refractivity contribution in [1.82, 2.24) is 10.3 Å². The van der Waals surface area contributed by atoms with Crippen molar-refractivity contribution in [1.29, 1.82) is 0 Å². The summed E-state index contributed by atoms with van der Waals surface area (Å²) >= 11 is 0. The van der Waals surface area contributed by atoms with Gasteiger partial charge in [0, 0.05) is 18.4 Å². The first-order valence-corrected chi connectivity index (χ1v) is 6.51. The lowest BCUT2D eigenvalue weighted by Gasteiger charge is -2.16. The van der Waals surface area contributed by atoms with E-state index < -0.39 is 0 Å². The second-order valence-electron chi connectivity index (χ2n) is 4.50. The lowest BCUT2D eigenvalue weighted by molar-refractivity contribution is 0.526. The third-order valence-electron chi connectivity index (χ3n) is 3.26. The smallest absolute Gasteiger partial charge is 0.0318 e. The average molecular weight is 240 g/mol. The first-order chi connectivity index (χ1) is 8.90. The Labute approximate surface area is 109 Å². The SMILES string of the molecule is CNC(CCCc1ccccc1)c1ccncc1. The molecule has 2 rings (SSSR count). The van der Waals surface area contributed by atoms with Crippen LogP contribution in [0.25, 0.3) is 0 Å². The Morgan fingerprint density at radius 3 is 2.44 bits per heavy atom. The van der Waals surface area contributed by atoms with Gasteiger partial charge in [0.25, 0.3) is 0 Å². The first kappa shape index (κ1) is 12.8. The molecule has 2 aromatic rings. The fraction of sp³-hybridized carbons (Fsp3) is 0.312. The molecule has 0 saturated carbocycles. The summed E-state index contributed by atoms with van der Waals surface area (Å²) in [6.45, 7) is 0. The van der Waals surface area contributed by atoms with Crippen molar-refractivity contribution >= 4 is 0 Å². The zero-order valence-electron chi connectivity index (χ0n) is 10.8. The van der Waals surface area contributed by atoms with Crippen LogP contribution in [0.15, 0.2) is 54.9 Å². The van der Waals surface area contributed by atoms with Crippen molar-refractivity contribution in [2.24, 2.45) is 0 Å². The van der Waals surface area contributed by atoms with Crippen LogP contribution in [-0.2, 0) is 6.42 Å². The van der Waals surface area contributed by atoms with Crippen LogP contribution in [0.1, 0.15) is 30.0 Å². The van der Waals surface area contributed by atoms with E-state index in [0.717, 1.165) is 12.8 Å². The van der Waals surface area contributed by atoms with E-state index in [4.69, 9.17) is 0 Å². The van der Waals surface area contributed by atoms with Gasteiger partial charge in [-0.05, 0) is 49.6 Å². The molecule has 1 unspecified atom stereocenters. The van der Waals surface area contributed by atoms with Crippen LogP contribution in [0.3, 0.4) is 0 Å². The highest BCUT2D eigenvalue weighted by molar-refractivity contribution is 5.16. The Balaban J connectivity index is 1.85. The van der Waals surface area contributed by atoms with Crippen LogP contribution < -0.4 is 5.32 Å². The lowest BCUT2D eigenvalue weighted by atomic mass is 10.00. The molecule has 0 bridgehead atoms. The van der Waals surface area contributed by atoms with Gasteiger partial charge in [-0.2, -0.15) is 0 Å². The molecule has 1 heterocycles. The lowest BCUT2D eigenvalue weighted by Crippen LogP contribution is -2.16. The van der Waals surface area contributed by atoms with Gasteiger partial charge in [-0.1, -0.05) is 30.3 Å². The molecule has 94 valence electrons. The molecule has 0 aliphatic rings. The molecule has 0 fully saturated rings. The topological polar surface area (TPSA) is 24.9 Å². The summed E-state index contributed by atoms with van der Waals surface area (Å²) in [7, 11) is 2.02. The predicted octanol–water partition coefficient (Wildman–Crippen LogP) is 3.37. The molecule has 1 aromatic carbocycles. The molecule has 1 aromatic heterocycles. The van der Waals surface area contributed by atoms with Crippen LogP contribution in [0, 0.1) is 0 Å². The van der Waals surface area contributed by atoms with Gasteiger partial charge in [-0.3, -0.25) is 4.98 Å². The maximum Gasteiger partial charge on any atom is 0.0318 e. The van der Waals surface area contributed by atoms with Gasteiger partial charge in [0.2, 0.25) is 0 Å². The number of hydrogen-bond donors (Lipinski definition) is 1. The highest BCUT2D eigenvalue weighted by atomic mass is 14.9. The maximum atomic E-state index is 4.06. The molecule has 1 N–H and O–H groups in total. The van der Waals surface area contributed by atoms with Gasteiger partial charge >= 0.3 is 0 Å². The molecule has 0 radical (unpaired) electrons. The van der Waals surface area contributed by atoms with Crippen molar-refractivity contribution in [3.63, 3.8) is 0 Å². The highest BCUT2D eigenvalue weighted by Gasteiger charge is 2.08. The van der Waals surface area contributed by atoms with Gasteiger partial charge < -0.3 is 5.32 Å². The summed E-state index contributed by atoms with van der Waals surface area (Å²) in [6.07, 6.45) is 7.20. The average Bonchev–Trinajstić information content (AvgIpc) is 2.46. The minimum atomic E-state index is 0.428. The molecule has 2 nitrogen and oxygen atoms in total. The number of rotatable bonds is 6. The van der Waals surface area contributed by atoms with Crippen molar-refractivity contribution in [2.75, 3.05) is 7.05 Å². The summed E-state index contributed by atoms with van der Waals surface area (Å²) in [4.78, 5) is 4.06. The number of benzene rings is 1. The van der Waals surface area contributed by atoms with Crippen LogP contribution in [0.2, 0.25) is 0 Å². The summed E-state index contributed by atoms with van der Waals surface area (Å²) < 4.78 is 0. The van der Waals surface area contributed by atoms with E-state index in [1.54, 1.807) is 0 Å². The Morgan fingerprint density at radius 2 is 1.78 bits per heavy atom. The normalized spacial score (nSPS) is 12.3. The van der Waals surface area contributed by atoms with Gasteiger partial charge in [0.1, 0.15) is 0 Å². The van der Waals surface area contributed by atoms with E-state index in [0.29, 0.717) is 6.04 Å². The zero-order valence-corrected chi connectivity index (χ0v) is 10.8. The molecule has 0 aliphatic carbocycles. The van der Waals surface area contributed by atoms with Crippen molar-refractivity contribution in [3.8, 4) is 0 Å². The van der Waals surface area contributed by atoms with E-state index in [9.17, 15) is 0 Å². The first-order valence-electron chi connectivity index (χ1n) is 6.51. The number of aromatic nitrogens is 1. The van der Waals surface area contributed by atoms with Gasteiger partial charge in [-0.15, -0.1) is 0 Å². The van der Waals surface area contributed by atoms with E-state index in [-0.39, 0.29) is 0 Å². The fourth-order valence-electron chi connectivity index (χ4n) is 2.23. The molecule has 18 heavy (non-hydrogen) atoms. The Hall–Kier alpha value is -1.67. The van der Waals surface area contributed by atoms with Gasteiger partial charge in [0.05, 0.1) is 0 Å². The largest absolute Gasteiger partial charge is 0.313 e. The quantitative estimate of drug-likeness (QED) is 0.837. The Morgan fingerprint density at radius 1 is 1.06 bits per heavy atom. The molecule has 0 amide bonds. The standard InChI is InChI=1S/C16H20N2/c1-17-16(15-10-12-18-13-11-15)9-5-8-14-6-3-2-4-7-14/h2-4,6-7,10-13,16-17H,5,8-9H2,1H3. The summed E-state index contributed by atoms with van der Waals surface area (Å²) in [5, 5.41) is 3.38. The molecule has 0 spiro atoms. The summed E-state index contributed by atoms with van der Waals surface area (Å²) in [5.74, 6) is 0. The van der Waals surface area contributed by atoms with E-state index in [2.05, 4.69) is 52.8 Å². The van der Waals surface area contributed by atoms with Crippen molar-refractivity contribution in [2.45, 2.75) is 25.3 Å². The molecular weight excluding hydrogens is 220 g/mol. The zero-order chi connectivity index (χ0) is 12.6. The van der Waals surface area contributed by atoms with E-state index in [1.165, 1.54) is 17.5 Å². The number of pyridine rings is 1. The van der Waals surface area contributed by atoms with E-state index in [1.807, 2.05) is 19.4 Å². The second kappa shape index (κ2) is 6.92. The third-order valence-corrected chi connectivity index (χ3v) is 3.26. The van der Waals surface area contributed by atoms with Gasteiger partial charge in [0.15, 0.2) is 0 Å². The van der Waals surface area contributed by atoms with Crippen LogP contribution in [-0.4, -0.2) is 12.0 Å². The molecule has 2 heteroatoms. The number of hydrogen-bond acceptors (Lipinski definition) is 2. The van der Waals surface area contributed by atoms with Gasteiger partial charge in [-0.25, -0.2) is 0 Å². The van der Waals surface area contributed by atoms with E-state index >= 15 is 0 Å². The summed E-state index contributed by atoms with van der Waals surface area (Å²) in [5.41, 5.74) is 2.74. The monoisotopic (exact) mass is 240 g/mol. The predicted molar refractivity (Wildman–Crippen MR) is 75.4 cm³/mol. The molecule has 1 atom stereocenters. The minimum absolute atomic E-state index is 0.428. The maximum absolute atomic E-state index is 4.06. The second-order valence-corrected chi connectivity index (χ2v) is 4.50. The summed E-state index contributed by atoms with van der Waals surface area (Å²) in [6, 6.07) is 15.3. The number of aryl methyl sites for hydroxylation is 1. The van der Waals surface area contributed by atoms with Crippen LogP contribution in [0.5, 0.6) is 0 Å². The number of nitrogens with one attached hydrogen (secondary N) is 1. The van der Waals surface area contributed by atoms with Crippen molar-refractivity contribution < 1.29 is 0 Å². The van der Waals surface area contributed by atoms with Crippen LogP contribution in [0.4, 0.5) is 0 Å². The molecule has 0 aliphatic heterocycles. The highest BCUT2D eigenvalue weighted by Crippen LogP contribution is 2.18. The fourth-order valence-corrected chi connectivity index (χ4v) is 2.23. The molecule has 0 saturated heterocycles. The van der Waals surface area contributed by atoms with Crippen molar-refractivity contribution in [3.05, 3.63) is 66.0 Å².